The molecule has 8 bridgehead atoms. The van der Waals surface area contributed by atoms with E-state index in [0.29, 0.717) is 74.2 Å². The van der Waals surface area contributed by atoms with Gasteiger partial charge in [-0.1, -0.05) is 33.2 Å². The Morgan fingerprint density at radius 2 is 1.49 bits per heavy atom. The molecule has 1 radical (unpaired) electrons. The number of aliphatic hydroxyl groups excluding tert-OH is 2. The quantitative estimate of drug-likeness (QED) is 0.0217. The van der Waals surface area contributed by atoms with E-state index in [1.54, 1.807) is 25.1 Å². The topological polar surface area (TPSA) is 688 Å². The second-order valence-electron chi connectivity index (χ2n) is 33.3. The third-order valence-electron chi connectivity index (χ3n) is 24.9. The van der Waals surface area contributed by atoms with Crippen LogP contribution in [0.15, 0.2) is 103 Å². The molecule has 0 spiro atoms. The van der Waals surface area contributed by atoms with Crippen LogP contribution in [0.4, 0.5) is 11.6 Å². The van der Waals surface area contributed by atoms with Gasteiger partial charge in [0.15, 0.2) is 17.4 Å². The molecule has 43 heteroatoms. The number of nitrogen functional groups attached to an aromatic ring is 1. The maximum Gasteiger partial charge on any atom is 2.00 e. The molecule has 5 aromatic rings. The number of carbonyl (C=O) groups excluding carboxylic acids is 8. The van der Waals surface area contributed by atoms with Crippen molar-refractivity contribution in [2.24, 2.45) is 83.6 Å². The first kappa shape index (κ1) is 96.3. The number of carboxylic acid groups (broad SMARTS) is 2. The molecule has 2 aromatic carbocycles. The summed E-state index contributed by atoms with van der Waals surface area (Å²) >= 11 is 0. The van der Waals surface area contributed by atoms with Gasteiger partial charge in [0.1, 0.15) is 24.4 Å². The first-order valence-corrected chi connectivity index (χ1v) is 41.2. The van der Waals surface area contributed by atoms with Gasteiger partial charge in [-0.05, 0) is 156 Å². The summed E-state index contributed by atoms with van der Waals surface area (Å²) in [6, 6.07) is 7.54. The molecule has 3 saturated heterocycles. The standard InChI is InChI=1S/C61H86N13O14P.C19H19N7O6.CN.Co/c1-28-19-38-39(20-29(28)2)74(27-68-38)56-51(83)52(40(26-75)86-56)88-89(84,85)87-30(3)25-67-47(81)17-18-57(6)36(21-44(64)78)55-61(10)59(8,24-46(66)80)34(12-15-43(63)77)50(73-61)32(5)54-58(7,23-45(65)79)33(11-14-42(62)76)37(69-54)22-41-60(9)35(13-16-48(82)72-60)49(70-41)31(4)53(57)71-55;20-19-25-15-14(17(30)26-19)23-11(8-22-15)7-21-10-3-1-9(2-4-10)16(29)24-12(18(31)32)5-6-13(27)28;1-2;/h19-20,22,27,30,33-36,40,51-52,55-56,75,83H,11-18,21,23-26H2,1-10H3,(H14,62,63,64,65,66,67,69,70,71,72,73,76,77,78,79,80,81,82,84,85);1-4,8,12,21H,5-7H2,(H,24,29)(H,27,28)(H,31,32)(H3,20,22,25,26,30);;/q;;-1;+2/p-2/t30-,33-,34-,35-,36+,40-,51-,52-,55-,56+,57-,58+,59+,60-,61+;12-;;/m10../s1. The third kappa shape index (κ3) is 20.0. The van der Waals surface area contributed by atoms with E-state index in [-0.39, 0.29) is 136 Å². The number of piperidine rings is 1. The van der Waals surface area contributed by atoms with Gasteiger partial charge in [-0.15, -0.1) is 0 Å². The molecule has 3 fully saturated rings. The summed E-state index contributed by atoms with van der Waals surface area (Å²) in [6.07, 6.45) is -3.62. The van der Waals surface area contributed by atoms with Crippen molar-refractivity contribution in [2.75, 3.05) is 24.2 Å². The number of phosphoric ester groups is 1. The minimum Gasteiger partial charge on any atom is -0.756 e. The summed E-state index contributed by atoms with van der Waals surface area (Å²) in [5.74, 6) is -10.1. The van der Waals surface area contributed by atoms with Crippen LogP contribution in [0.3, 0.4) is 0 Å². The number of anilines is 2. The third-order valence-corrected chi connectivity index (χ3v) is 26.0. The van der Waals surface area contributed by atoms with E-state index in [4.69, 9.17) is 90.5 Å². The normalized spacial score (nSPS) is 28.5. The van der Waals surface area contributed by atoms with Gasteiger partial charge >= 0.3 is 28.7 Å². The maximum absolute atomic E-state index is 14.3. The molecule has 667 valence electrons. The van der Waals surface area contributed by atoms with Crippen molar-refractivity contribution in [1.29, 1.82) is 5.26 Å². The molecule has 0 saturated carbocycles. The van der Waals surface area contributed by atoms with Crippen LogP contribution in [0.25, 0.3) is 27.5 Å². The zero-order chi connectivity index (χ0) is 90.7. The number of H-pyrrole nitrogens is 1. The number of rotatable bonds is 32. The number of benzene rings is 2. The monoisotopic (exact) mass is 1780 g/mol. The first-order chi connectivity index (χ1) is 57.7. The number of allylic oxidation sites excluding steroid dienone is 4. The Bertz CT molecular complexity index is 5420. The number of aliphatic imine (C=N–C) groups is 3. The smallest absolute Gasteiger partial charge is 0.756 e. The molecule has 124 heavy (non-hydrogen) atoms. The number of amides is 8. The number of aromatic amines is 1. The van der Waals surface area contributed by atoms with Crippen LogP contribution in [0, 0.1) is 65.6 Å². The number of nitrogens with two attached hydrogens (primary N) is 6. The number of nitrogens with one attached hydrogen (secondary N) is 5. The Morgan fingerprint density at radius 3 is 2.11 bits per heavy atom. The number of imidazole rings is 1. The molecule has 12 rings (SSSR count). The zero-order valence-corrected chi connectivity index (χ0v) is 71.8. The second-order valence-corrected chi connectivity index (χ2v) is 34.6. The van der Waals surface area contributed by atoms with Crippen LogP contribution in [0.5, 0.6) is 0 Å². The summed E-state index contributed by atoms with van der Waals surface area (Å²) in [6.45, 7) is 21.9. The average molecular weight is 1780 g/mol. The van der Waals surface area contributed by atoms with Gasteiger partial charge in [0, 0.05) is 115 Å². The van der Waals surface area contributed by atoms with Gasteiger partial charge in [-0.2, -0.15) is 10.7 Å². The fourth-order valence-electron chi connectivity index (χ4n) is 18.4. The van der Waals surface area contributed by atoms with Gasteiger partial charge in [0.05, 0.1) is 65.5 Å². The minimum absolute atomic E-state index is 0. The Balaban J connectivity index is 0.000000416. The summed E-state index contributed by atoms with van der Waals surface area (Å²) < 4.78 is 31.9. The van der Waals surface area contributed by atoms with E-state index in [2.05, 4.69) is 46.2 Å². The van der Waals surface area contributed by atoms with Crippen molar-refractivity contribution in [1.82, 2.24) is 45.4 Å². The van der Waals surface area contributed by atoms with Gasteiger partial charge in [-0.3, -0.25) is 72.5 Å². The second kappa shape index (κ2) is 38.3. The molecule has 8 amide bonds. The number of aryl methyl sites for hydroxylation is 2. The number of nitrogens with zero attached hydrogens (tertiary/aromatic N) is 10. The number of carboxylic acids is 2. The van der Waals surface area contributed by atoms with Crippen LogP contribution in [0.1, 0.15) is 172 Å². The number of carbonyl (C=O) groups is 10. The van der Waals surface area contributed by atoms with Crippen LogP contribution in [-0.4, -0.2) is 187 Å². The maximum atomic E-state index is 14.3. The molecule has 1 unspecified atom stereocenters. The van der Waals surface area contributed by atoms with Crippen LogP contribution < -0.4 is 66.1 Å². The summed E-state index contributed by atoms with van der Waals surface area (Å²) in [5.41, 5.74) is 37.0. The molecule has 7 aliphatic rings. The average Bonchev–Trinajstić information content (AvgIpc) is 1.52. The summed E-state index contributed by atoms with van der Waals surface area (Å²) in [7, 11) is -5.31. The van der Waals surface area contributed by atoms with E-state index in [9.17, 15) is 72.4 Å². The molecule has 3 aromatic heterocycles. The number of hydrogen-bond donors (Lipinski definition) is 15. The first-order valence-electron chi connectivity index (χ1n) is 39.8. The van der Waals surface area contributed by atoms with Crippen molar-refractivity contribution in [2.45, 2.75) is 213 Å². The van der Waals surface area contributed by atoms with Crippen molar-refractivity contribution in [3.05, 3.63) is 128 Å². The Kier molecular flexibility index (Phi) is 29.7. The number of aliphatic hydroxyl groups is 2. The van der Waals surface area contributed by atoms with Crippen LogP contribution >= 0.6 is 7.82 Å². The molecule has 41 nitrogen and oxygen atoms in total. The summed E-state index contributed by atoms with van der Waals surface area (Å²) in [4.78, 5) is 189. The van der Waals surface area contributed by atoms with Crippen molar-refractivity contribution in [3.63, 3.8) is 0 Å². The van der Waals surface area contributed by atoms with Crippen LogP contribution in [-0.2, 0) is 84.8 Å². The number of aliphatic carboxylic acids is 2. The van der Waals surface area contributed by atoms with E-state index in [0.717, 1.165) is 11.1 Å². The SMILES string of the molecule is CC1=C2N=C(/C=C3N=C(/C(C)=C4\[N-][C@@](C)([C@@H]5N=C1[C@](C)(CCC(=O)NC[C@@H](C)OP(=O)([O-])O[C@H]1[C@@H](O)[C@@H](n6cnc7cc(C)c(C)cc76)O[C@@H]1CO)[C@H]5CC(N)=O)[C@@](C)(CC(N)=O)[C@@H]4CCC(N)=O)[C@@](C)(CC(N)=O)[C@@H]\3CCC(N)=O)[C@]1(C)NC(=O)CC[C@H]21.Nc1nc2ncc(CNc3ccc(C(=O)N[C@@H](CCC(=O)O)C(=O)O)cc3)nc2c(=O)[nH]1.[C-]#N.[Co+2]. The molecule has 0 aliphatic carbocycles. The number of phosphoric acid groups is 1. The van der Waals surface area contributed by atoms with Gasteiger partial charge in [0.2, 0.25) is 47.3 Å². The fourth-order valence-corrected chi connectivity index (χ4v) is 19.5. The van der Waals surface area contributed by atoms with Gasteiger partial charge in [-0.25, -0.2) is 19.7 Å². The van der Waals surface area contributed by atoms with Crippen molar-refractivity contribution < 1.29 is 108 Å². The molecular formula is C81H103CoN21O20P-. The number of aromatic nitrogens is 6. The Morgan fingerprint density at radius 1 is 0.839 bits per heavy atom. The molecule has 21 N–H and O–H groups in total. The number of fused-ring (bicyclic) bond motifs is 11. The number of hydrogen-bond acceptors (Lipinski definition) is 28. The predicted octanol–water partition coefficient (Wildman–Crippen LogP) is 2.74. The van der Waals surface area contributed by atoms with E-state index >= 15 is 0 Å². The number of ether oxygens (including phenoxy) is 1. The van der Waals surface area contributed by atoms with E-state index in [1.165, 1.54) is 36.1 Å². The van der Waals surface area contributed by atoms with E-state index < -0.39 is 167 Å². The minimum atomic E-state index is -5.31. The Hall–Kier alpha value is -11.6. The summed E-state index contributed by atoms with van der Waals surface area (Å²) in [5, 5.41) is 62.8. The molecule has 10 heterocycles. The van der Waals surface area contributed by atoms with Crippen molar-refractivity contribution in [3.8, 4) is 0 Å². The van der Waals surface area contributed by atoms with Crippen molar-refractivity contribution >= 4 is 118 Å². The fraction of sp³-hybridized carbons (Fsp3) is 0.519. The molecular weight excluding hydrogens is 1680 g/mol. The van der Waals surface area contributed by atoms with Gasteiger partial charge < -0.3 is 116 Å². The largest absolute Gasteiger partial charge is 2.00 e. The number of primary amides is 5. The molecule has 7 aliphatic heterocycles. The molecule has 17 atom stereocenters. The van der Waals surface area contributed by atoms with E-state index in [1.807, 2.05) is 67.5 Å². The zero-order valence-electron chi connectivity index (χ0n) is 69.9. The van der Waals surface area contributed by atoms with Crippen LogP contribution in [0.2, 0.25) is 0 Å². The Labute approximate surface area is 722 Å². The predicted molar refractivity (Wildman–Crippen MR) is 442 cm³/mol. The van der Waals surface area contributed by atoms with Gasteiger partial charge in [0.25, 0.3) is 19.3 Å².